The molecule has 1 N–H and O–H groups in total. The van der Waals surface area contributed by atoms with E-state index in [1.165, 1.54) is 11.8 Å². The van der Waals surface area contributed by atoms with Crippen molar-refractivity contribution in [1.29, 1.82) is 0 Å². The zero-order valence-corrected chi connectivity index (χ0v) is 18.1. The van der Waals surface area contributed by atoms with E-state index in [9.17, 15) is 9.59 Å². The van der Waals surface area contributed by atoms with E-state index >= 15 is 0 Å². The third-order valence-electron chi connectivity index (χ3n) is 3.78. The topological polar surface area (TPSA) is 112 Å². The molecule has 0 unspecified atom stereocenters. The average molecular weight is 445 g/mol. The highest BCUT2D eigenvalue weighted by molar-refractivity contribution is 7.99. The molecule has 0 radical (unpaired) electrons. The van der Waals surface area contributed by atoms with Gasteiger partial charge in [-0.15, -0.1) is 16.8 Å². The fourth-order valence-corrected chi connectivity index (χ4v) is 4.14. The van der Waals surface area contributed by atoms with Crippen LogP contribution in [0.2, 0.25) is 0 Å². The molecule has 3 rings (SSSR count). The maximum Gasteiger partial charge on any atom is 0.350 e. The van der Waals surface area contributed by atoms with Gasteiger partial charge in [-0.05, 0) is 26.0 Å². The second kappa shape index (κ2) is 10.1. The molecule has 0 bridgehead atoms. The maximum atomic E-state index is 12.4. The van der Waals surface area contributed by atoms with Crippen molar-refractivity contribution in [3.63, 3.8) is 0 Å². The van der Waals surface area contributed by atoms with E-state index in [0.717, 1.165) is 16.9 Å². The molecule has 0 aliphatic carbocycles. The number of rotatable bonds is 9. The van der Waals surface area contributed by atoms with Crippen LogP contribution in [0.15, 0.2) is 42.3 Å². The van der Waals surface area contributed by atoms with Gasteiger partial charge in [-0.1, -0.05) is 29.2 Å². The van der Waals surface area contributed by atoms with Gasteiger partial charge in [0.15, 0.2) is 16.1 Å². The SMILES string of the molecule is C=CCn1c(SCC(=O)Nc2nc(C)c(C(=O)OCC)s2)nnc1-c1cccnc1. The number of pyridine rings is 1. The Hall–Kier alpha value is -3.05. The van der Waals surface area contributed by atoms with E-state index in [1.807, 2.05) is 16.7 Å². The number of nitrogens with zero attached hydrogens (tertiary/aromatic N) is 5. The first kappa shape index (κ1) is 21.7. The molecular weight excluding hydrogens is 424 g/mol. The summed E-state index contributed by atoms with van der Waals surface area (Å²) >= 11 is 2.34. The van der Waals surface area contributed by atoms with Gasteiger partial charge in [0.05, 0.1) is 18.1 Å². The zero-order valence-electron chi connectivity index (χ0n) is 16.5. The Balaban J connectivity index is 1.67. The van der Waals surface area contributed by atoms with Gasteiger partial charge in [-0.2, -0.15) is 0 Å². The number of aryl methyl sites for hydroxylation is 1. The molecule has 0 atom stereocenters. The Morgan fingerprint density at radius 3 is 2.93 bits per heavy atom. The van der Waals surface area contributed by atoms with Gasteiger partial charge in [-0.3, -0.25) is 14.3 Å². The van der Waals surface area contributed by atoms with Crippen LogP contribution in [0.5, 0.6) is 0 Å². The third kappa shape index (κ3) is 5.10. The van der Waals surface area contributed by atoms with Crippen molar-refractivity contribution in [3.8, 4) is 11.4 Å². The van der Waals surface area contributed by atoms with Crippen molar-refractivity contribution < 1.29 is 14.3 Å². The number of carbonyl (C=O) groups excluding carboxylic acids is 2. The average Bonchev–Trinajstić information content (AvgIpc) is 3.30. The minimum atomic E-state index is -0.442. The largest absolute Gasteiger partial charge is 0.462 e. The highest BCUT2D eigenvalue weighted by Gasteiger charge is 2.19. The zero-order chi connectivity index (χ0) is 21.5. The van der Waals surface area contributed by atoms with Gasteiger partial charge in [0.2, 0.25) is 5.91 Å². The summed E-state index contributed by atoms with van der Waals surface area (Å²) in [6.45, 7) is 7.98. The monoisotopic (exact) mass is 444 g/mol. The van der Waals surface area contributed by atoms with Gasteiger partial charge in [0, 0.05) is 24.5 Å². The van der Waals surface area contributed by atoms with E-state index < -0.39 is 5.97 Å². The summed E-state index contributed by atoms with van der Waals surface area (Å²) in [5.74, 6) is 0.0546. The summed E-state index contributed by atoms with van der Waals surface area (Å²) in [5.41, 5.74) is 1.35. The minimum Gasteiger partial charge on any atom is -0.462 e. The van der Waals surface area contributed by atoms with E-state index in [1.54, 1.807) is 32.3 Å². The van der Waals surface area contributed by atoms with Crippen LogP contribution in [-0.2, 0) is 16.1 Å². The van der Waals surface area contributed by atoms with Crippen LogP contribution in [0, 0.1) is 6.92 Å². The summed E-state index contributed by atoms with van der Waals surface area (Å²) < 4.78 is 6.86. The normalized spacial score (nSPS) is 10.6. The Labute approximate surface area is 181 Å². The summed E-state index contributed by atoms with van der Waals surface area (Å²) in [6, 6.07) is 3.72. The predicted molar refractivity (Wildman–Crippen MR) is 116 cm³/mol. The number of carbonyl (C=O) groups is 2. The number of hydrogen-bond donors (Lipinski definition) is 1. The Morgan fingerprint density at radius 1 is 1.40 bits per heavy atom. The highest BCUT2D eigenvalue weighted by atomic mass is 32.2. The molecule has 30 heavy (non-hydrogen) atoms. The maximum absolute atomic E-state index is 12.4. The first-order chi connectivity index (χ1) is 14.5. The Kier molecular flexibility index (Phi) is 7.31. The van der Waals surface area contributed by atoms with Gasteiger partial charge in [0.25, 0.3) is 0 Å². The predicted octanol–water partition coefficient (Wildman–Crippen LogP) is 3.20. The minimum absolute atomic E-state index is 0.107. The lowest BCUT2D eigenvalue weighted by molar-refractivity contribution is -0.113. The fraction of sp³-hybridized carbons (Fsp3) is 0.263. The van der Waals surface area contributed by atoms with Crippen LogP contribution >= 0.6 is 23.1 Å². The van der Waals surface area contributed by atoms with Crippen LogP contribution < -0.4 is 5.32 Å². The van der Waals surface area contributed by atoms with Crippen molar-refractivity contribution in [3.05, 3.63) is 47.8 Å². The van der Waals surface area contributed by atoms with Crippen LogP contribution in [0.3, 0.4) is 0 Å². The molecule has 3 aromatic heterocycles. The summed E-state index contributed by atoms with van der Waals surface area (Å²) in [4.78, 5) is 33.0. The van der Waals surface area contributed by atoms with Crippen LogP contribution in [0.4, 0.5) is 5.13 Å². The molecule has 0 fully saturated rings. The number of nitrogens with one attached hydrogen (secondary N) is 1. The molecular formula is C19H20N6O3S2. The number of amides is 1. The standard InChI is InChI=1S/C19H20N6O3S2/c1-4-9-25-16(13-7-6-8-20-10-13)23-24-19(25)29-11-14(26)22-18-21-12(3)15(30-18)17(27)28-5-2/h4,6-8,10H,1,5,9,11H2,2-3H3,(H,21,22,26). The molecule has 9 nitrogen and oxygen atoms in total. The molecule has 3 aromatic rings. The lowest BCUT2D eigenvalue weighted by Gasteiger charge is -2.07. The number of esters is 1. The smallest absolute Gasteiger partial charge is 0.350 e. The molecule has 0 aromatic carbocycles. The van der Waals surface area contributed by atoms with Crippen molar-refractivity contribution in [2.24, 2.45) is 0 Å². The summed E-state index contributed by atoms with van der Waals surface area (Å²) in [5, 5.41) is 12.1. The first-order valence-electron chi connectivity index (χ1n) is 9.05. The fourth-order valence-electron chi connectivity index (χ4n) is 2.52. The lowest BCUT2D eigenvalue weighted by atomic mass is 10.3. The summed E-state index contributed by atoms with van der Waals surface area (Å²) in [7, 11) is 0. The van der Waals surface area contributed by atoms with Crippen LogP contribution in [0.1, 0.15) is 22.3 Å². The number of anilines is 1. The molecule has 1 amide bonds. The number of allylic oxidation sites excluding steroid dienone is 1. The number of thioether (sulfide) groups is 1. The number of aromatic nitrogens is 5. The number of hydrogen-bond acceptors (Lipinski definition) is 9. The lowest BCUT2D eigenvalue weighted by Crippen LogP contribution is -2.14. The van der Waals surface area contributed by atoms with E-state index in [2.05, 4.69) is 32.1 Å². The molecule has 0 spiro atoms. The Bertz CT molecular complexity index is 1050. The molecule has 0 saturated heterocycles. The third-order valence-corrected chi connectivity index (χ3v) is 5.80. The van der Waals surface area contributed by atoms with Crippen molar-refractivity contribution >= 4 is 40.1 Å². The van der Waals surface area contributed by atoms with Crippen molar-refractivity contribution in [2.75, 3.05) is 17.7 Å². The van der Waals surface area contributed by atoms with Gasteiger partial charge in [-0.25, -0.2) is 9.78 Å². The number of ether oxygens (including phenoxy) is 1. The second-order valence-electron chi connectivity index (χ2n) is 5.94. The number of thiazole rings is 1. The highest BCUT2D eigenvalue weighted by Crippen LogP contribution is 2.26. The summed E-state index contributed by atoms with van der Waals surface area (Å²) in [6.07, 6.45) is 5.13. The van der Waals surface area contributed by atoms with E-state index in [0.29, 0.717) is 33.2 Å². The van der Waals surface area contributed by atoms with Gasteiger partial charge in [0.1, 0.15) is 4.88 Å². The van der Waals surface area contributed by atoms with Crippen LogP contribution in [-0.4, -0.2) is 49.0 Å². The molecule has 0 aliphatic rings. The molecule has 11 heteroatoms. The molecule has 0 aliphatic heterocycles. The van der Waals surface area contributed by atoms with Gasteiger partial charge >= 0.3 is 5.97 Å². The van der Waals surface area contributed by atoms with Crippen molar-refractivity contribution in [2.45, 2.75) is 25.5 Å². The van der Waals surface area contributed by atoms with E-state index in [-0.39, 0.29) is 18.3 Å². The first-order valence-corrected chi connectivity index (χ1v) is 10.8. The molecule has 0 saturated carbocycles. The van der Waals surface area contributed by atoms with Crippen LogP contribution in [0.25, 0.3) is 11.4 Å². The van der Waals surface area contributed by atoms with Gasteiger partial charge < -0.3 is 10.1 Å². The quantitative estimate of drug-likeness (QED) is 0.304. The van der Waals surface area contributed by atoms with E-state index in [4.69, 9.17) is 4.74 Å². The Morgan fingerprint density at radius 2 is 2.23 bits per heavy atom. The second-order valence-corrected chi connectivity index (χ2v) is 7.88. The molecule has 3 heterocycles. The molecule has 156 valence electrons. The van der Waals surface area contributed by atoms with Crippen molar-refractivity contribution in [1.82, 2.24) is 24.7 Å².